The molecule has 0 aliphatic carbocycles. The summed E-state index contributed by atoms with van der Waals surface area (Å²) in [6.45, 7) is 4.08. The van der Waals surface area contributed by atoms with E-state index in [0.29, 0.717) is 11.6 Å². The number of nitrogens with zero attached hydrogens (tertiary/aromatic N) is 4. The lowest BCUT2D eigenvalue weighted by Gasteiger charge is -2.20. The third-order valence-electron chi connectivity index (χ3n) is 6.16. The maximum atomic E-state index is 12.9. The summed E-state index contributed by atoms with van der Waals surface area (Å²) in [5, 5.41) is 20.4. The molecule has 6 rings (SSSR count). The molecule has 172 valence electrons. The van der Waals surface area contributed by atoms with Crippen LogP contribution in [0.1, 0.15) is 21.8 Å². The molecule has 0 bridgehead atoms. The second-order valence-corrected chi connectivity index (χ2v) is 10.5. The number of benzene rings is 2. The van der Waals surface area contributed by atoms with Gasteiger partial charge in [-0.3, -0.25) is 10.2 Å². The van der Waals surface area contributed by atoms with E-state index in [-0.39, 0.29) is 11.4 Å². The maximum Gasteiger partial charge on any atom is 0.283 e. The number of carbonyl (C=O) groups excluding carboxylic acids is 1. The van der Waals surface area contributed by atoms with Crippen LogP contribution in [0.15, 0.2) is 81.7 Å². The Labute approximate surface area is 210 Å². The largest absolute Gasteiger partial charge is 0.318 e. The molecule has 4 aromatic rings. The van der Waals surface area contributed by atoms with Gasteiger partial charge in [0.15, 0.2) is 5.84 Å². The molecule has 2 aliphatic heterocycles. The number of rotatable bonds is 4. The number of amides is 1. The molecule has 1 N–H and O–H groups in total. The average molecular weight is 496 g/mol. The van der Waals surface area contributed by atoms with Gasteiger partial charge in [0.25, 0.3) is 5.91 Å². The van der Waals surface area contributed by atoms with Gasteiger partial charge in [-0.15, -0.1) is 11.3 Å². The van der Waals surface area contributed by atoms with E-state index in [9.17, 15) is 4.79 Å². The van der Waals surface area contributed by atoms with Crippen molar-refractivity contribution in [1.29, 1.82) is 5.41 Å². The van der Waals surface area contributed by atoms with Crippen LogP contribution < -0.4 is 0 Å². The van der Waals surface area contributed by atoms with E-state index in [4.69, 9.17) is 5.41 Å². The second-order valence-electron chi connectivity index (χ2n) is 8.46. The van der Waals surface area contributed by atoms with Gasteiger partial charge in [-0.25, -0.2) is 0 Å². The van der Waals surface area contributed by atoms with Crippen LogP contribution in [0.3, 0.4) is 0 Å². The standard InChI is InChI=1S/C27H21N5OS2/c1-16-12-20(17(2)31(16)21-10-9-18-6-3-4-7-19(18)13-21)14-23-25(28)32-27(29-26(23)33)35-24(30-32)15-22-8-5-11-34-22/h3-14,28H,15H2,1-2H3. The number of hydrazone groups is 1. The minimum atomic E-state index is -0.406. The van der Waals surface area contributed by atoms with E-state index in [1.807, 2.05) is 43.5 Å². The molecule has 2 aromatic heterocycles. The van der Waals surface area contributed by atoms with Crippen molar-refractivity contribution in [3.05, 3.63) is 93.4 Å². The van der Waals surface area contributed by atoms with Crippen LogP contribution in [-0.4, -0.2) is 31.5 Å². The number of aryl methyl sites for hydroxylation is 1. The first kappa shape index (κ1) is 21.8. The van der Waals surface area contributed by atoms with Crippen LogP contribution in [0, 0.1) is 19.3 Å². The van der Waals surface area contributed by atoms with Crippen LogP contribution >= 0.6 is 23.1 Å². The number of thioether (sulfide) groups is 1. The third kappa shape index (κ3) is 3.84. The molecular formula is C27H21N5OS2. The topological polar surface area (TPSA) is 73.8 Å². The molecule has 2 aliphatic rings. The van der Waals surface area contributed by atoms with Crippen molar-refractivity contribution in [2.24, 2.45) is 10.1 Å². The van der Waals surface area contributed by atoms with Crippen molar-refractivity contribution in [1.82, 2.24) is 9.58 Å². The zero-order valence-corrected chi connectivity index (χ0v) is 20.8. The quantitative estimate of drug-likeness (QED) is 0.344. The van der Waals surface area contributed by atoms with Gasteiger partial charge in [0.2, 0.25) is 5.17 Å². The number of aromatic nitrogens is 1. The summed E-state index contributed by atoms with van der Waals surface area (Å²) in [7, 11) is 0. The molecule has 2 aromatic carbocycles. The Morgan fingerprint density at radius 3 is 2.66 bits per heavy atom. The van der Waals surface area contributed by atoms with E-state index in [1.54, 1.807) is 17.4 Å². The molecule has 0 saturated carbocycles. The predicted octanol–water partition coefficient (Wildman–Crippen LogP) is 6.17. The summed E-state index contributed by atoms with van der Waals surface area (Å²) >= 11 is 3.02. The molecular weight excluding hydrogens is 474 g/mol. The molecule has 35 heavy (non-hydrogen) atoms. The number of aliphatic imine (C=N–C) groups is 1. The smallest absolute Gasteiger partial charge is 0.283 e. The highest BCUT2D eigenvalue weighted by atomic mass is 32.2. The summed E-state index contributed by atoms with van der Waals surface area (Å²) < 4.78 is 2.17. The Bertz CT molecular complexity index is 1610. The molecule has 0 atom stereocenters. The van der Waals surface area contributed by atoms with Gasteiger partial charge >= 0.3 is 0 Å². The Morgan fingerprint density at radius 1 is 1.03 bits per heavy atom. The van der Waals surface area contributed by atoms with Crippen molar-refractivity contribution in [2.75, 3.05) is 0 Å². The Kier molecular flexibility index (Phi) is 5.27. The molecule has 6 nitrogen and oxygen atoms in total. The van der Waals surface area contributed by atoms with Crippen molar-refractivity contribution in [3.8, 4) is 5.69 Å². The summed E-state index contributed by atoms with van der Waals surface area (Å²) in [6.07, 6.45) is 2.44. The summed E-state index contributed by atoms with van der Waals surface area (Å²) in [5.41, 5.74) is 4.24. The monoisotopic (exact) mass is 495 g/mol. The lowest BCUT2D eigenvalue weighted by Crippen LogP contribution is -2.35. The van der Waals surface area contributed by atoms with Gasteiger partial charge in [-0.1, -0.05) is 36.4 Å². The van der Waals surface area contributed by atoms with Crippen LogP contribution in [0.5, 0.6) is 0 Å². The first-order valence-corrected chi connectivity index (χ1v) is 12.9. The van der Waals surface area contributed by atoms with Crippen LogP contribution in [0.4, 0.5) is 0 Å². The number of hydrogen-bond acceptors (Lipinski definition) is 5. The first-order chi connectivity index (χ1) is 17.0. The minimum absolute atomic E-state index is 0.0594. The summed E-state index contributed by atoms with van der Waals surface area (Å²) in [4.78, 5) is 18.3. The summed E-state index contributed by atoms with van der Waals surface area (Å²) in [5.74, 6) is -0.346. The number of nitrogens with one attached hydrogen (secondary N) is 1. The highest BCUT2D eigenvalue weighted by molar-refractivity contribution is 8.27. The van der Waals surface area contributed by atoms with Gasteiger partial charge < -0.3 is 4.57 Å². The number of hydrogen-bond donors (Lipinski definition) is 1. The molecule has 0 spiro atoms. The van der Waals surface area contributed by atoms with E-state index >= 15 is 0 Å². The van der Waals surface area contributed by atoms with Crippen LogP contribution in [-0.2, 0) is 11.2 Å². The fraction of sp³-hybridized carbons (Fsp3) is 0.111. The lowest BCUT2D eigenvalue weighted by atomic mass is 10.1. The Hall–Kier alpha value is -3.75. The van der Waals surface area contributed by atoms with Crippen LogP contribution in [0.2, 0.25) is 0 Å². The molecule has 8 heteroatoms. The minimum Gasteiger partial charge on any atom is -0.318 e. The number of amidine groups is 2. The zero-order chi connectivity index (χ0) is 24.1. The molecule has 0 unspecified atom stereocenters. The van der Waals surface area contributed by atoms with Crippen molar-refractivity contribution >= 4 is 61.9 Å². The van der Waals surface area contributed by atoms with Crippen molar-refractivity contribution < 1.29 is 4.79 Å². The molecule has 1 amide bonds. The SMILES string of the molecule is Cc1cc(C=C2C(=N)N3N=C(Cc4cccs4)SC3=NC2=O)c(C)n1-c1ccc2ccccc2c1. The highest BCUT2D eigenvalue weighted by Gasteiger charge is 2.35. The van der Waals surface area contributed by atoms with Gasteiger partial charge in [0.1, 0.15) is 5.04 Å². The predicted molar refractivity (Wildman–Crippen MR) is 146 cm³/mol. The van der Waals surface area contributed by atoms with Gasteiger partial charge in [-0.05, 0) is 77.7 Å². The maximum absolute atomic E-state index is 12.9. The summed E-state index contributed by atoms with van der Waals surface area (Å²) in [6, 6.07) is 20.8. The number of carbonyl (C=O) groups is 1. The molecule has 0 saturated heterocycles. The number of fused-ring (bicyclic) bond motifs is 2. The van der Waals surface area contributed by atoms with Crippen LogP contribution in [0.25, 0.3) is 22.5 Å². The fourth-order valence-corrected chi connectivity index (χ4v) is 6.18. The van der Waals surface area contributed by atoms with E-state index in [1.165, 1.54) is 32.4 Å². The van der Waals surface area contributed by atoms with Gasteiger partial charge in [0.05, 0.1) is 5.57 Å². The second kappa shape index (κ2) is 8.48. The van der Waals surface area contributed by atoms with Crippen molar-refractivity contribution in [2.45, 2.75) is 20.3 Å². The lowest BCUT2D eigenvalue weighted by molar-refractivity contribution is -0.114. The van der Waals surface area contributed by atoms with E-state index < -0.39 is 5.91 Å². The molecule has 0 radical (unpaired) electrons. The van der Waals surface area contributed by atoms with E-state index in [0.717, 1.165) is 27.7 Å². The van der Waals surface area contributed by atoms with E-state index in [2.05, 4.69) is 51.1 Å². The molecule has 0 fully saturated rings. The fourth-order valence-electron chi connectivity index (χ4n) is 4.47. The van der Waals surface area contributed by atoms with Gasteiger partial charge in [-0.2, -0.15) is 15.1 Å². The van der Waals surface area contributed by atoms with Gasteiger partial charge in [0, 0.05) is 28.4 Å². The average Bonchev–Trinajstić information content (AvgIpc) is 3.56. The normalized spacial score (nSPS) is 16.7. The first-order valence-electron chi connectivity index (χ1n) is 11.2. The van der Waals surface area contributed by atoms with Crippen molar-refractivity contribution in [3.63, 3.8) is 0 Å². The molecule has 4 heterocycles. The Morgan fingerprint density at radius 2 is 1.86 bits per heavy atom. The highest BCUT2D eigenvalue weighted by Crippen LogP contribution is 2.31. The Balaban J connectivity index is 1.34. The zero-order valence-electron chi connectivity index (χ0n) is 19.1. The number of thiophene rings is 1. The third-order valence-corrected chi connectivity index (χ3v) is 7.95.